The van der Waals surface area contributed by atoms with Crippen LogP contribution in [0.3, 0.4) is 0 Å². The molecule has 2 N–H and O–H groups in total. The van der Waals surface area contributed by atoms with Gasteiger partial charge in [0.25, 0.3) is 0 Å². The number of carbonyl (C=O) groups excluding carboxylic acids is 1. The van der Waals surface area contributed by atoms with Gasteiger partial charge in [0.05, 0.1) is 11.9 Å². The van der Waals surface area contributed by atoms with Gasteiger partial charge in [0.15, 0.2) is 0 Å². The average molecular weight is 484 g/mol. The minimum atomic E-state index is -4.11. The number of nitrogens with one attached hydrogen (secondary N) is 2. The van der Waals surface area contributed by atoms with E-state index in [0.717, 1.165) is 61.9 Å². The van der Waals surface area contributed by atoms with Crippen LogP contribution in [0.2, 0.25) is 0 Å². The van der Waals surface area contributed by atoms with Gasteiger partial charge in [-0.2, -0.15) is 13.5 Å². The van der Waals surface area contributed by atoms with Crippen molar-refractivity contribution in [2.24, 2.45) is 7.05 Å². The molecule has 0 atom stereocenters. The molecular weight excluding hydrogens is 451 g/mol. The van der Waals surface area contributed by atoms with Crippen molar-refractivity contribution < 1.29 is 13.2 Å². The molecule has 11 heteroatoms. The molecule has 0 spiro atoms. The van der Waals surface area contributed by atoms with Gasteiger partial charge in [0, 0.05) is 55.0 Å². The number of urea groups is 1. The normalized spacial score (nSPS) is 14.5. The molecule has 9 nitrogen and oxygen atoms in total. The second-order valence-electron chi connectivity index (χ2n) is 8.90. The molecular formula is C22H32N6NaO3S. The zero-order chi connectivity index (χ0) is 22.9. The first-order valence-electron chi connectivity index (χ1n) is 11.2. The minimum absolute atomic E-state index is 0. The monoisotopic (exact) mass is 483 g/mol. The number of amides is 2. The number of hydrogen-bond acceptors (Lipinski definition) is 5. The maximum atomic E-state index is 13.2. The molecule has 2 aliphatic carbocycles. The van der Waals surface area contributed by atoms with Crippen molar-refractivity contribution in [3.63, 3.8) is 0 Å². The van der Waals surface area contributed by atoms with Crippen molar-refractivity contribution in [2.45, 2.75) is 44.9 Å². The summed E-state index contributed by atoms with van der Waals surface area (Å²) < 4.78 is 31.4. The summed E-state index contributed by atoms with van der Waals surface area (Å²) in [6.45, 7) is 0.962. The third-order valence-electron chi connectivity index (χ3n) is 6.17. The van der Waals surface area contributed by atoms with Crippen molar-refractivity contribution in [3.05, 3.63) is 40.7 Å². The predicted molar refractivity (Wildman–Crippen MR) is 131 cm³/mol. The largest absolute Gasteiger partial charge is 0.334 e. The van der Waals surface area contributed by atoms with E-state index in [4.69, 9.17) is 0 Å². The number of hydrogen-bond donors (Lipinski definition) is 2. The van der Waals surface area contributed by atoms with Crippen LogP contribution >= 0.6 is 0 Å². The van der Waals surface area contributed by atoms with E-state index in [1.807, 2.05) is 19.0 Å². The van der Waals surface area contributed by atoms with Gasteiger partial charge in [-0.1, -0.05) is 6.07 Å². The van der Waals surface area contributed by atoms with Gasteiger partial charge >= 0.3 is 16.2 Å². The summed E-state index contributed by atoms with van der Waals surface area (Å²) in [5, 5.41) is 6.99. The van der Waals surface area contributed by atoms with Crippen molar-refractivity contribution >= 4 is 57.2 Å². The maximum absolute atomic E-state index is 13.2. The summed E-state index contributed by atoms with van der Waals surface area (Å²) in [5.74, 6) is 0. The van der Waals surface area contributed by atoms with Crippen LogP contribution in [0.4, 0.5) is 16.2 Å². The number of benzene rings is 1. The third kappa shape index (κ3) is 5.92. The van der Waals surface area contributed by atoms with E-state index in [9.17, 15) is 13.2 Å². The predicted octanol–water partition coefficient (Wildman–Crippen LogP) is 1.84. The van der Waals surface area contributed by atoms with Crippen LogP contribution in [0.15, 0.2) is 18.5 Å². The molecule has 1 radical (unpaired) electrons. The Morgan fingerprint density at radius 3 is 2.27 bits per heavy atom. The van der Waals surface area contributed by atoms with Gasteiger partial charge in [-0.3, -0.25) is 8.99 Å². The van der Waals surface area contributed by atoms with E-state index in [0.29, 0.717) is 12.1 Å². The number of carbonyl (C=O) groups is 1. The van der Waals surface area contributed by atoms with E-state index < -0.39 is 16.2 Å². The topological polar surface area (TPSA) is 99.6 Å². The van der Waals surface area contributed by atoms with E-state index in [-0.39, 0.29) is 36.1 Å². The fourth-order valence-electron chi connectivity index (χ4n) is 4.73. The first kappa shape index (κ1) is 26.0. The first-order chi connectivity index (χ1) is 15.2. The van der Waals surface area contributed by atoms with Gasteiger partial charge in [0.1, 0.15) is 0 Å². The summed E-state index contributed by atoms with van der Waals surface area (Å²) >= 11 is 0. The number of rotatable bonds is 8. The molecule has 4 rings (SSSR count). The van der Waals surface area contributed by atoms with Gasteiger partial charge in [-0.15, -0.1) is 0 Å². The van der Waals surface area contributed by atoms with E-state index in [1.165, 1.54) is 21.6 Å². The standard InChI is InChI=1S/C22H32N6O3S.Na/c1-26(2)11-6-12-28(18-14-23-27(3)15-18)32(30,31)25-22(29)24-21-19-9-4-7-16(19)13-17-8-5-10-20(17)21;/h13-15H,4-12H2,1-3H3,(H2,24,25,29);. The molecule has 1 heterocycles. The summed E-state index contributed by atoms with van der Waals surface area (Å²) in [4.78, 5) is 14.9. The van der Waals surface area contributed by atoms with Crippen LogP contribution < -0.4 is 14.3 Å². The molecule has 2 aliphatic rings. The van der Waals surface area contributed by atoms with Crippen molar-refractivity contribution in [1.29, 1.82) is 0 Å². The molecule has 2 amide bonds. The Morgan fingerprint density at radius 2 is 1.73 bits per heavy atom. The van der Waals surface area contributed by atoms with Crippen molar-refractivity contribution in [2.75, 3.05) is 36.8 Å². The molecule has 2 aromatic rings. The van der Waals surface area contributed by atoms with Crippen LogP contribution in [-0.4, -0.2) is 85.9 Å². The molecule has 0 saturated heterocycles. The molecule has 33 heavy (non-hydrogen) atoms. The minimum Gasteiger partial charge on any atom is -0.309 e. The van der Waals surface area contributed by atoms with Crippen LogP contribution in [0.5, 0.6) is 0 Å². The van der Waals surface area contributed by atoms with E-state index in [2.05, 4.69) is 21.2 Å². The third-order valence-corrected chi connectivity index (χ3v) is 7.59. The summed E-state index contributed by atoms with van der Waals surface area (Å²) in [7, 11) is 1.49. The van der Waals surface area contributed by atoms with Crippen molar-refractivity contribution in [3.8, 4) is 0 Å². The number of aromatic nitrogens is 2. The molecule has 0 aliphatic heterocycles. The first-order valence-corrected chi connectivity index (χ1v) is 12.6. The quantitative estimate of drug-likeness (QED) is 0.559. The van der Waals surface area contributed by atoms with Crippen LogP contribution in [0.25, 0.3) is 0 Å². The summed E-state index contributed by atoms with van der Waals surface area (Å²) in [6.07, 6.45) is 9.71. The fraction of sp³-hybridized carbons (Fsp3) is 0.545. The van der Waals surface area contributed by atoms with Crippen LogP contribution in [0, 0.1) is 0 Å². The van der Waals surface area contributed by atoms with Gasteiger partial charge in [-0.25, -0.2) is 9.52 Å². The zero-order valence-electron chi connectivity index (χ0n) is 20.0. The second-order valence-corrected chi connectivity index (χ2v) is 10.5. The Labute approximate surface area is 218 Å². The summed E-state index contributed by atoms with van der Waals surface area (Å²) in [6, 6.07) is 1.56. The maximum Gasteiger partial charge on any atom is 0.334 e. The van der Waals surface area contributed by atoms with Gasteiger partial charge in [-0.05, 0) is 87.8 Å². The number of anilines is 2. The number of fused-ring (bicyclic) bond motifs is 2. The Morgan fingerprint density at radius 1 is 1.09 bits per heavy atom. The second kappa shape index (κ2) is 10.8. The Balaban J connectivity index is 0.00000306. The Bertz CT molecular complexity index is 1080. The number of aryl methyl sites for hydroxylation is 3. The molecule has 0 bridgehead atoms. The molecule has 0 unspecified atom stereocenters. The Hall–Kier alpha value is -1.59. The van der Waals surface area contributed by atoms with Gasteiger partial charge in [0.2, 0.25) is 0 Å². The Kier molecular flexibility index (Phi) is 8.50. The molecule has 0 fully saturated rings. The van der Waals surface area contributed by atoms with Crippen LogP contribution in [0.1, 0.15) is 41.5 Å². The summed E-state index contributed by atoms with van der Waals surface area (Å²) in [5.41, 5.74) is 6.13. The SMILES string of the molecule is CN(C)CCCN(c1cnn(C)c1)S(=O)(=O)NC(=O)Nc1c2c(cc3c1CCC3)CCC2.[Na]. The van der Waals surface area contributed by atoms with Gasteiger partial charge < -0.3 is 10.2 Å². The van der Waals surface area contributed by atoms with E-state index >= 15 is 0 Å². The van der Waals surface area contributed by atoms with Crippen LogP contribution in [-0.2, 0) is 42.9 Å². The van der Waals surface area contributed by atoms with E-state index in [1.54, 1.807) is 17.9 Å². The molecule has 175 valence electrons. The van der Waals surface area contributed by atoms with Crippen molar-refractivity contribution in [1.82, 2.24) is 19.4 Å². The zero-order valence-corrected chi connectivity index (χ0v) is 22.8. The smallest absolute Gasteiger partial charge is 0.309 e. The average Bonchev–Trinajstić information content (AvgIpc) is 3.44. The molecule has 1 aromatic carbocycles. The molecule has 1 aromatic heterocycles. The molecule has 0 saturated carbocycles. The fourth-order valence-corrected chi connectivity index (χ4v) is 5.87. The number of nitrogens with zero attached hydrogens (tertiary/aromatic N) is 4.